The van der Waals surface area contributed by atoms with Gasteiger partial charge in [0, 0.05) is 11.1 Å². The highest BCUT2D eigenvalue weighted by molar-refractivity contribution is 7.13. The van der Waals surface area contributed by atoms with Crippen LogP contribution < -0.4 is 4.74 Å². The standard InChI is InChI=1S/C7H7NOS/c1-3-4-9-7-8-5-6(2)10-7/h1,5H,4H2,2H3. The molecule has 0 fully saturated rings. The van der Waals surface area contributed by atoms with Crippen LogP contribution in [0.15, 0.2) is 6.20 Å². The quantitative estimate of drug-likeness (QED) is 0.600. The highest BCUT2D eigenvalue weighted by atomic mass is 32.1. The Morgan fingerprint density at radius 3 is 3.20 bits per heavy atom. The van der Waals surface area contributed by atoms with Crippen molar-refractivity contribution in [1.29, 1.82) is 0 Å². The van der Waals surface area contributed by atoms with Gasteiger partial charge in [-0.15, -0.1) is 6.42 Å². The summed E-state index contributed by atoms with van der Waals surface area (Å²) in [6.07, 6.45) is 6.75. The maximum atomic E-state index is 5.05. The van der Waals surface area contributed by atoms with E-state index in [0.717, 1.165) is 4.88 Å². The molecule has 0 saturated carbocycles. The number of rotatable bonds is 2. The van der Waals surface area contributed by atoms with Crippen molar-refractivity contribution in [3.8, 4) is 17.5 Å². The van der Waals surface area contributed by atoms with E-state index >= 15 is 0 Å². The lowest BCUT2D eigenvalue weighted by molar-refractivity contribution is 0.368. The Kier molecular flexibility index (Phi) is 2.30. The van der Waals surface area contributed by atoms with Crippen molar-refractivity contribution in [3.63, 3.8) is 0 Å². The number of hydrogen-bond donors (Lipinski definition) is 0. The average Bonchev–Trinajstić information content (AvgIpc) is 2.31. The molecule has 0 N–H and O–H groups in total. The zero-order valence-electron chi connectivity index (χ0n) is 5.63. The molecule has 0 aliphatic rings. The van der Waals surface area contributed by atoms with Gasteiger partial charge in [-0.25, -0.2) is 4.98 Å². The van der Waals surface area contributed by atoms with Crippen LogP contribution in [0.25, 0.3) is 0 Å². The number of nitrogens with zero attached hydrogens (tertiary/aromatic N) is 1. The molecule has 1 aromatic heterocycles. The molecule has 10 heavy (non-hydrogen) atoms. The lowest BCUT2D eigenvalue weighted by atomic mass is 10.7. The van der Waals surface area contributed by atoms with Crippen molar-refractivity contribution in [1.82, 2.24) is 4.98 Å². The molecule has 2 nitrogen and oxygen atoms in total. The Morgan fingerprint density at radius 1 is 1.90 bits per heavy atom. The molecule has 1 heterocycles. The van der Waals surface area contributed by atoms with Crippen LogP contribution in [-0.2, 0) is 0 Å². The second-order valence-electron chi connectivity index (χ2n) is 1.73. The van der Waals surface area contributed by atoms with Crippen LogP contribution in [0.5, 0.6) is 5.19 Å². The Balaban J connectivity index is 2.52. The van der Waals surface area contributed by atoms with E-state index in [1.807, 2.05) is 6.92 Å². The Bertz CT molecular complexity index is 248. The van der Waals surface area contributed by atoms with E-state index in [2.05, 4.69) is 10.9 Å². The van der Waals surface area contributed by atoms with Crippen LogP contribution >= 0.6 is 11.3 Å². The third kappa shape index (κ3) is 1.74. The molecule has 0 aliphatic heterocycles. The molecule has 3 heteroatoms. The highest BCUT2D eigenvalue weighted by Crippen LogP contribution is 2.18. The van der Waals surface area contributed by atoms with Gasteiger partial charge < -0.3 is 4.74 Å². The van der Waals surface area contributed by atoms with Crippen LogP contribution in [-0.4, -0.2) is 11.6 Å². The predicted octanol–water partition coefficient (Wildman–Crippen LogP) is 1.46. The van der Waals surface area contributed by atoms with Gasteiger partial charge in [-0.2, -0.15) is 0 Å². The molecule has 1 aromatic rings. The molecule has 0 aliphatic carbocycles. The fourth-order valence-corrected chi connectivity index (χ4v) is 1.11. The Hall–Kier alpha value is -1.01. The Labute approximate surface area is 63.9 Å². The number of aryl methyl sites for hydroxylation is 1. The summed E-state index contributed by atoms with van der Waals surface area (Å²) in [5.41, 5.74) is 0. The van der Waals surface area contributed by atoms with Gasteiger partial charge in [0.2, 0.25) is 0 Å². The largest absolute Gasteiger partial charge is 0.457 e. The van der Waals surface area contributed by atoms with Gasteiger partial charge in [0.25, 0.3) is 5.19 Å². The zero-order valence-corrected chi connectivity index (χ0v) is 6.44. The van der Waals surface area contributed by atoms with Crippen LogP contribution in [0.3, 0.4) is 0 Å². The van der Waals surface area contributed by atoms with Crippen molar-refractivity contribution >= 4 is 11.3 Å². The number of terminal acetylenes is 1. The average molecular weight is 153 g/mol. The summed E-state index contributed by atoms with van der Waals surface area (Å²) >= 11 is 1.50. The van der Waals surface area contributed by atoms with Gasteiger partial charge in [-0.05, 0) is 6.92 Å². The van der Waals surface area contributed by atoms with E-state index < -0.39 is 0 Å². The SMILES string of the molecule is C#CCOc1ncc(C)s1. The summed E-state index contributed by atoms with van der Waals surface area (Å²) in [7, 11) is 0. The minimum absolute atomic E-state index is 0.299. The fraction of sp³-hybridized carbons (Fsp3) is 0.286. The number of aromatic nitrogens is 1. The van der Waals surface area contributed by atoms with Gasteiger partial charge >= 0.3 is 0 Å². The molecular weight excluding hydrogens is 146 g/mol. The normalized spacial score (nSPS) is 8.80. The molecule has 52 valence electrons. The van der Waals surface area contributed by atoms with E-state index in [9.17, 15) is 0 Å². The maximum absolute atomic E-state index is 5.05. The first-order valence-corrected chi connectivity index (χ1v) is 3.63. The minimum atomic E-state index is 0.299. The van der Waals surface area contributed by atoms with E-state index in [-0.39, 0.29) is 0 Å². The van der Waals surface area contributed by atoms with Crippen LogP contribution in [0.1, 0.15) is 4.88 Å². The number of hydrogen-bond acceptors (Lipinski definition) is 3. The van der Waals surface area contributed by atoms with Gasteiger partial charge in [-0.1, -0.05) is 17.3 Å². The molecule has 0 saturated heterocycles. The zero-order chi connectivity index (χ0) is 7.40. The van der Waals surface area contributed by atoms with Gasteiger partial charge in [0.05, 0.1) is 0 Å². The van der Waals surface area contributed by atoms with Crippen molar-refractivity contribution in [2.45, 2.75) is 6.92 Å². The van der Waals surface area contributed by atoms with E-state index in [0.29, 0.717) is 11.8 Å². The van der Waals surface area contributed by atoms with E-state index in [1.165, 1.54) is 11.3 Å². The molecule has 0 bridgehead atoms. The molecule has 0 radical (unpaired) electrons. The van der Waals surface area contributed by atoms with Crippen molar-refractivity contribution in [2.75, 3.05) is 6.61 Å². The summed E-state index contributed by atoms with van der Waals surface area (Å²) < 4.78 is 5.05. The summed E-state index contributed by atoms with van der Waals surface area (Å²) in [5, 5.41) is 0.649. The number of thiazole rings is 1. The van der Waals surface area contributed by atoms with E-state index in [4.69, 9.17) is 11.2 Å². The molecule has 0 amide bonds. The molecule has 0 aromatic carbocycles. The first-order valence-electron chi connectivity index (χ1n) is 2.81. The molecule has 0 unspecified atom stereocenters. The molecular formula is C7H7NOS. The third-order valence-electron chi connectivity index (χ3n) is 0.879. The fourth-order valence-electron chi connectivity index (χ4n) is 0.504. The van der Waals surface area contributed by atoms with Crippen molar-refractivity contribution in [3.05, 3.63) is 11.1 Å². The second-order valence-corrected chi connectivity index (χ2v) is 2.93. The minimum Gasteiger partial charge on any atom is -0.457 e. The summed E-state index contributed by atoms with van der Waals surface area (Å²) in [6, 6.07) is 0. The first kappa shape index (κ1) is 7.10. The summed E-state index contributed by atoms with van der Waals surface area (Å²) in [5.74, 6) is 2.37. The second kappa shape index (κ2) is 3.23. The van der Waals surface area contributed by atoms with Crippen molar-refractivity contribution in [2.24, 2.45) is 0 Å². The molecule has 1 rings (SSSR count). The monoisotopic (exact) mass is 153 g/mol. The van der Waals surface area contributed by atoms with Gasteiger partial charge in [-0.3, -0.25) is 0 Å². The van der Waals surface area contributed by atoms with Crippen LogP contribution in [0.2, 0.25) is 0 Å². The Morgan fingerprint density at radius 2 is 2.70 bits per heavy atom. The summed E-state index contributed by atoms with van der Waals surface area (Å²) in [6.45, 7) is 2.27. The van der Waals surface area contributed by atoms with Gasteiger partial charge in [0.15, 0.2) is 6.61 Å². The lowest BCUT2D eigenvalue weighted by Crippen LogP contribution is -1.91. The summed E-state index contributed by atoms with van der Waals surface area (Å²) in [4.78, 5) is 5.09. The molecule has 0 atom stereocenters. The van der Waals surface area contributed by atoms with Crippen LogP contribution in [0, 0.1) is 19.3 Å². The number of ether oxygens (including phenoxy) is 1. The maximum Gasteiger partial charge on any atom is 0.274 e. The first-order chi connectivity index (χ1) is 4.83. The third-order valence-corrected chi connectivity index (χ3v) is 1.70. The topological polar surface area (TPSA) is 22.1 Å². The van der Waals surface area contributed by atoms with Gasteiger partial charge in [0.1, 0.15) is 0 Å². The smallest absolute Gasteiger partial charge is 0.274 e. The van der Waals surface area contributed by atoms with Crippen LogP contribution in [0.4, 0.5) is 0 Å². The predicted molar refractivity (Wildman–Crippen MR) is 41.2 cm³/mol. The lowest BCUT2D eigenvalue weighted by Gasteiger charge is -1.91. The van der Waals surface area contributed by atoms with Crippen molar-refractivity contribution < 1.29 is 4.74 Å². The molecule has 0 spiro atoms. The highest BCUT2D eigenvalue weighted by Gasteiger charge is 1.95. The van der Waals surface area contributed by atoms with E-state index in [1.54, 1.807) is 6.20 Å².